The number of benzene rings is 2. The van der Waals surface area contributed by atoms with Crippen LogP contribution in [-0.2, 0) is 17.8 Å². The highest BCUT2D eigenvalue weighted by atomic mass is 35.5. The number of nitrogens with one attached hydrogen (secondary N) is 2. The van der Waals surface area contributed by atoms with Gasteiger partial charge in [0.25, 0.3) is 17.7 Å². The predicted octanol–water partition coefficient (Wildman–Crippen LogP) is 5.45. The quantitative estimate of drug-likeness (QED) is 0.197. The van der Waals surface area contributed by atoms with Crippen LogP contribution in [0.1, 0.15) is 76.1 Å². The van der Waals surface area contributed by atoms with Crippen LogP contribution in [-0.4, -0.2) is 125 Å². The van der Waals surface area contributed by atoms with Crippen molar-refractivity contribution < 1.29 is 28.0 Å². The van der Waals surface area contributed by atoms with Crippen LogP contribution in [0, 0.1) is 18.3 Å². The minimum Gasteiger partial charge on any atom is -0.385 e. The van der Waals surface area contributed by atoms with Crippen molar-refractivity contribution >= 4 is 63.9 Å². The molecule has 15 nitrogen and oxygen atoms in total. The number of rotatable bonds is 9. The number of amides is 5. The van der Waals surface area contributed by atoms with E-state index in [4.69, 9.17) is 22.4 Å². The van der Waals surface area contributed by atoms with Crippen LogP contribution < -0.4 is 26.2 Å². The molecule has 7 heterocycles. The SMILES string of the molecule is CNc1cc(N2CCc3c(CN4CCC(CN5CCC6(CC5)CCN(C(=O)c5cc(C)c(Cl)c(N7CCC(=O)NC7=O)c5)CC6)C(F)(F)C4)cccc32)nn2c(C(N)=O)cnc12. The fourth-order valence-corrected chi connectivity index (χ4v) is 10.5. The molecule has 0 radical (unpaired) electrons. The molecular weight excluding hydrogens is 820 g/mol. The number of carbonyl (C=O) groups excluding carboxylic acids is 4. The van der Waals surface area contributed by atoms with Gasteiger partial charge in [0.15, 0.2) is 11.5 Å². The first-order chi connectivity index (χ1) is 29.7. The van der Waals surface area contributed by atoms with E-state index in [1.807, 2.05) is 34.1 Å². The van der Waals surface area contributed by atoms with Crippen LogP contribution in [0.2, 0.25) is 5.02 Å². The van der Waals surface area contributed by atoms with Gasteiger partial charge in [0.1, 0.15) is 5.69 Å². The summed E-state index contributed by atoms with van der Waals surface area (Å²) in [7, 11) is 1.78. The van der Waals surface area contributed by atoms with E-state index in [9.17, 15) is 19.2 Å². The average Bonchev–Trinajstić information content (AvgIpc) is 3.89. The molecular formula is C44H52ClF2N11O4. The van der Waals surface area contributed by atoms with Crippen LogP contribution in [0.25, 0.3) is 5.65 Å². The molecule has 1 unspecified atom stereocenters. The van der Waals surface area contributed by atoms with Crippen molar-refractivity contribution in [3.8, 4) is 0 Å². The third-order valence-corrected chi connectivity index (χ3v) is 14.4. The van der Waals surface area contributed by atoms with Crippen molar-refractivity contribution in [3.05, 3.63) is 75.6 Å². The number of likely N-dealkylation sites (tertiary alicyclic amines) is 3. The molecule has 4 fully saturated rings. The van der Waals surface area contributed by atoms with E-state index < -0.39 is 23.8 Å². The lowest BCUT2D eigenvalue weighted by Gasteiger charge is -2.48. The van der Waals surface area contributed by atoms with Gasteiger partial charge in [-0.2, -0.15) is 0 Å². The Morgan fingerprint density at radius 1 is 0.952 bits per heavy atom. The molecule has 0 saturated carbocycles. The smallest absolute Gasteiger partial charge is 0.328 e. The standard InChI is InChI=1S/C44H52ClF2N11O4/c1-27-20-29(21-34(38(27)45)57-15-8-37(59)51-42(57)62)41(61)55-18-11-43(12-19-55)9-16-53(17-10-43)25-30-6-13-54(26-44(30,46)47)24-28-4-3-5-33-31(28)7-14-56(33)36-22-32(49-2)40-50-23-35(39(48)60)58(40)52-36/h3-5,20-23,30,49H,6-19,24-26H2,1-2H3,(H2,48,60)(H,51,59,62). The number of hydrogen-bond acceptors (Lipinski definition) is 10. The van der Waals surface area contributed by atoms with Crippen molar-refractivity contribution in [2.75, 3.05) is 81.1 Å². The summed E-state index contributed by atoms with van der Waals surface area (Å²) in [5, 5.41) is 10.5. The second-order valence-electron chi connectivity index (χ2n) is 17.7. The molecule has 5 aliphatic heterocycles. The van der Waals surface area contributed by atoms with E-state index in [2.05, 4.69) is 25.4 Å². The Balaban J connectivity index is 0.780. The molecule has 4 aromatic rings. The Bertz CT molecular complexity index is 2440. The number of halogens is 3. The summed E-state index contributed by atoms with van der Waals surface area (Å²) in [4.78, 5) is 63.9. The summed E-state index contributed by atoms with van der Waals surface area (Å²) in [5.74, 6) is -4.01. The molecule has 4 N–H and O–H groups in total. The number of aromatic nitrogens is 3. The number of anilines is 4. The fourth-order valence-electron chi connectivity index (χ4n) is 10.2. The first-order valence-corrected chi connectivity index (χ1v) is 21.9. The first-order valence-electron chi connectivity index (χ1n) is 21.5. The van der Waals surface area contributed by atoms with Crippen molar-refractivity contribution in [1.82, 2.24) is 34.6 Å². The van der Waals surface area contributed by atoms with Gasteiger partial charge >= 0.3 is 6.03 Å². The molecule has 2 aromatic heterocycles. The molecule has 328 valence electrons. The fraction of sp³-hybridized carbons (Fsp3) is 0.500. The van der Waals surface area contributed by atoms with Gasteiger partial charge in [0.2, 0.25) is 5.91 Å². The molecule has 0 aliphatic carbocycles. The molecule has 0 bridgehead atoms. The predicted molar refractivity (Wildman–Crippen MR) is 231 cm³/mol. The molecule has 5 aliphatic rings. The minimum atomic E-state index is -2.83. The monoisotopic (exact) mass is 871 g/mol. The van der Waals surface area contributed by atoms with Gasteiger partial charge in [-0.3, -0.25) is 29.5 Å². The van der Waals surface area contributed by atoms with Gasteiger partial charge in [0, 0.05) is 76.0 Å². The topological polar surface area (TPSA) is 165 Å². The minimum absolute atomic E-state index is 0.0775. The summed E-state index contributed by atoms with van der Waals surface area (Å²) in [6.07, 6.45) is 6.24. The summed E-state index contributed by atoms with van der Waals surface area (Å²) < 4.78 is 33.5. The molecule has 1 atom stereocenters. The molecule has 2 aromatic carbocycles. The number of carbonyl (C=O) groups is 4. The van der Waals surface area contributed by atoms with Crippen LogP contribution in [0.3, 0.4) is 0 Å². The normalized spacial score (nSPS) is 21.7. The number of nitrogens with two attached hydrogens (primary N) is 1. The third kappa shape index (κ3) is 7.83. The third-order valence-electron chi connectivity index (χ3n) is 13.9. The zero-order valence-corrected chi connectivity index (χ0v) is 35.8. The lowest BCUT2D eigenvalue weighted by molar-refractivity contribution is -0.123. The van der Waals surface area contributed by atoms with Gasteiger partial charge < -0.3 is 25.8 Å². The largest absolute Gasteiger partial charge is 0.385 e. The van der Waals surface area contributed by atoms with Gasteiger partial charge in [-0.25, -0.2) is 23.1 Å². The van der Waals surface area contributed by atoms with Crippen LogP contribution in [0.15, 0.2) is 42.6 Å². The van der Waals surface area contributed by atoms with Gasteiger partial charge in [-0.05, 0) is 105 Å². The Hall–Kier alpha value is -5.39. The Morgan fingerprint density at radius 2 is 1.69 bits per heavy atom. The second kappa shape index (κ2) is 16.4. The summed E-state index contributed by atoms with van der Waals surface area (Å²) in [6, 6.07) is 10.7. The molecule has 4 saturated heterocycles. The summed E-state index contributed by atoms with van der Waals surface area (Å²) in [6.45, 7) is 6.47. The highest BCUT2D eigenvalue weighted by Crippen LogP contribution is 2.44. The second-order valence-corrected chi connectivity index (χ2v) is 18.0. The number of nitrogens with zero attached hydrogens (tertiary/aromatic N) is 8. The molecule has 1 spiro atoms. The van der Waals surface area contributed by atoms with E-state index in [0.29, 0.717) is 84.7 Å². The average molecular weight is 872 g/mol. The number of alkyl halides is 2. The molecule has 18 heteroatoms. The van der Waals surface area contributed by atoms with Crippen LogP contribution in [0.4, 0.5) is 36.5 Å². The summed E-state index contributed by atoms with van der Waals surface area (Å²) >= 11 is 6.58. The van der Waals surface area contributed by atoms with Gasteiger partial charge in [-0.1, -0.05) is 23.7 Å². The maximum absolute atomic E-state index is 16.0. The highest BCUT2D eigenvalue weighted by molar-refractivity contribution is 6.35. The van der Waals surface area contributed by atoms with Gasteiger partial charge in [-0.15, -0.1) is 5.10 Å². The zero-order valence-electron chi connectivity index (χ0n) is 35.1. The maximum Gasteiger partial charge on any atom is 0.328 e. The van der Waals surface area contributed by atoms with E-state index in [1.165, 1.54) is 15.6 Å². The molecule has 9 rings (SSSR count). The Kier molecular flexibility index (Phi) is 11.1. The Labute approximate surface area is 363 Å². The van der Waals surface area contributed by atoms with Crippen molar-refractivity contribution in [1.29, 1.82) is 0 Å². The van der Waals surface area contributed by atoms with Crippen LogP contribution in [0.5, 0.6) is 0 Å². The number of piperidine rings is 3. The van der Waals surface area contributed by atoms with E-state index in [1.54, 1.807) is 26.1 Å². The number of urea groups is 1. The molecule has 62 heavy (non-hydrogen) atoms. The zero-order chi connectivity index (χ0) is 43.5. The maximum atomic E-state index is 16.0. The first kappa shape index (κ1) is 41.9. The highest BCUT2D eigenvalue weighted by Gasteiger charge is 2.47. The van der Waals surface area contributed by atoms with Crippen molar-refractivity contribution in [2.45, 2.75) is 64.3 Å². The number of hydrogen-bond donors (Lipinski definition) is 3. The van der Waals surface area contributed by atoms with E-state index in [0.717, 1.165) is 62.0 Å². The number of imide groups is 1. The van der Waals surface area contributed by atoms with Crippen LogP contribution >= 0.6 is 11.6 Å². The van der Waals surface area contributed by atoms with Crippen molar-refractivity contribution in [2.24, 2.45) is 17.1 Å². The summed E-state index contributed by atoms with van der Waals surface area (Å²) in [5.41, 5.74) is 11.7. The number of primary amides is 1. The lowest BCUT2D eigenvalue weighted by Crippen LogP contribution is -2.53. The Morgan fingerprint density at radius 3 is 2.40 bits per heavy atom. The van der Waals surface area contributed by atoms with Gasteiger partial charge in [0.05, 0.1) is 29.1 Å². The number of imidazole rings is 1. The number of aryl methyl sites for hydroxylation is 1. The van der Waals surface area contributed by atoms with E-state index >= 15 is 8.78 Å². The van der Waals surface area contributed by atoms with Crippen molar-refractivity contribution in [3.63, 3.8) is 0 Å². The molecule has 5 amide bonds. The number of fused-ring (bicyclic) bond motifs is 2. The van der Waals surface area contributed by atoms with E-state index in [-0.39, 0.29) is 42.4 Å². The lowest BCUT2D eigenvalue weighted by atomic mass is 9.71.